The van der Waals surface area contributed by atoms with Crippen molar-refractivity contribution in [1.29, 1.82) is 0 Å². The zero-order valence-corrected chi connectivity index (χ0v) is 22.8. The van der Waals surface area contributed by atoms with Crippen LogP contribution >= 0.6 is 0 Å². The predicted octanol–water partition coefficient (Wildman–Crippen LogP) is 7.31. The van der Waals surface area contributed by atoms with Crippen LogP contribution in [0.25, 0.3) is 0 Å². The first-order valence-corrected chi connectivity index (χ1v) is 13.7. The summed E-state index contributed by atoms with van der Waals surface area (Å²) in [7, 11) is 1.58. The van der Waals surface area contributed by atoms with E-state index in [4.69, 9.17) is 4.74 Å². The molecule has 0 aromatic carbocycles. The lowest BCUT2D eigenvalue weighted by Crippen LogP contribution is -2.64. The number of ether oxygens (including phenoxy) is 1. The fourth-order valence-corrected chi connectivity index (χ4v) is 10.1. The summed E-state index contributed by atoms with van der Waals surface area (Å²) < 4.78 is 5.47. The van der Waals surface area contributed by atoms with E-state index in [0.717, 1.165) is 51.4 Å². The molecule has 3 nitrogen and oxygen atoms in total. The van der Waals surface area contributed by atoms with Crippen LogP contribution in [-0.2, 0) is 14.3 Å². The highest BCUT2D eigenvalue weighted by Crippen LogP contribution is 2.75. The second kappa shape index (κ2) is 7.10. The molecule has 3 unspecified atom stereocenters. The molecule has 34 heavy (non-hydrogen) atoms. The SMILES string of the molecule is COC(=O)[C@]12CCC(C)(C)CC1C1=CCC3[C@@]4(C)C=CC(=O)C(C)(C)C4CC[C@@]3(C)[C@]1(C)CC2. The van der Waals surface area contributed by atoms with Gasteiger partial charge in [-0.05, 0) is 96.9 Å². The summed E-state index contributed by atoms with van der Waals surface area (Å²) in [5, 5.41) is 0. The summed E-state index contributed by atoms with van der Waals surface area (Å²) in [4.78, 5) is 26.2. The van der Waals surface area contributed by atoms with E-state index >= 15 is 0 Å². The Kier molecular flexibility index (Phi) is 5.08. The Morgan fingerprint density at radius 2 is 1.62 bits per heavy atom. The van der Waals surface area contributed by atoms with Crippen LogP contribution in [0.5, 0.6) is 0 Å². The molecule has 5 aliphatic carbocycles. The maximum atomic E-state index is 13.3. The molecule has 0 heterocycles. The van der Waals surface area contributed by atoms with Gasteiger partial charge in [-0.3, -0.25) is 9.59 Å². The first kappa shape index (κ1) is 24.3. The van der Waals surface area contributed by atoms with Crippen molar-refractivity contribution in [1.82, 2.24) is 0 Å². The summed E-state index contributed by atoms with van der Waals surface area (Å²) in [6.45, 7) is 16.6. The molecular weight excluding hydrogens is 420 g/mol. The van der Waals surface area contributed by atoms with Gasteiger partial charge in [-0.1, -0.05) is 66.2 Å². The zero-order chi connectivity index (χ0) is 24.9. The third-order valence-electron chi connectivity index (χ3n) is 12.5. The van der Waals surface area contributed by atoms with Crippen molar-refractivity contribution in [2.45, 2.75) is 99.8 Å². The molecule has 0 amide bonds. The minimum absolute atomic E-state index is 0.0226. The van der Waals surface area contributed by atoms with E-state index in [9.17, 15) is 9.59 Å². The van der Waals surface area contributed by atoms with Crippen molar-refractivity contribution in [2.24, 2.45) is 50.2 Å². The van der Waals surface area contributed by atoms with E-state index in [0.29, 0.717) is 17.6 Å². The van der Waals surface area contributed by atoms with Gasteiger partial charge in [0.15, 0.2) is 5.78 Å². The number of hydrogen-bond donors (Lipinski definition) is 0. The predicted molar refractivity (Wildman–Crippen MR) is 136 cm³/mol. The summed E-state index contributed by atoms with van der Waals surface area (Å²) in [5.41, 5.74) is 1.44. The van der Waals surface area contributed by atoms with Crippen LogP contribution < -0.4 is 0 Å². The first-order valence-electron chi connectivity index (χ1n) is 13.7. The van der Waals surface area contributed by atoms with E-state index in [1.807, 2.05) is 6.08 Å². The van der Waals surface area contributed by atoms with Crippen LogP contribution in [0.2, 0.25) is 0 Å². The first-order chi connectivity index (χ1) is 15.7. The monoisotopic (exact) mass is 466 g/mol. The van der Waals surface area contributed by atoms with Gasteiger partial charge in [0.25, 0.3) is 0 Å². The molecule has 3 fully saturated rings. The van der Waals surface area contributed by atoms with Gasteiger partial charge >= 0.3 is 5.97 Å². The minimum atomic E-state index is -0.348. The standard InChI is InChI=1S/C31H46O3/c1-26(2)15-17-31(25(33)34-8)18-16-29(6)20(21(31)19-26)9-10-23-28(5)13-12-24(32)27(3,4)22(28)11-14-30(23,29)7/h9,12-13,21-23H,10-11,14-19H2,1-8H3/t21?,22?,23?,28-,29+,30+,31-/m0/s1. The van der Waals surface area contributed by atoms with Crippen LogP contribution in [0.15, 0.2) is 23.8 Å². The number of fused-ring (bicyclic) bond motifs is 7. The minimum Gasteiger partial charge on any atom is -0.469 e. The summed E-state index contributed by atoms with van der Waals surface area (Å²) in [6, 6.07) is 0. The Morgan fingerprint density at radius 1 is 0.941 bits per heavy atom. The van der Waals surface area contributed by atoms with Gasteiger partial charge in [-0.2, -0.15) is 0 Å². The molecule has 0 saturated heterocycles. The van der Waals surface area contributed by atoms with E-state index in [1.54, 1.807) is 12.7 Å². The van der Waals surface area contributed by atoms with Crippen molar-refractivity contribution in [3.63, 3.8) is 0 Å². The second-order valence-corrected chi connectivity index (χ2v) is 14.6. The molecule has 0 aromatic heterocycles. The highest BCUT2D eigenvalue weighted by Gasteiger charge is 2.68. The Labute approximate surface area is 207 Å². The number of rotatable bonds is 1. The molecule has 0 aromatic rings. The van der Waals surface area contributed by atoms with Gasteiger partial charge in [-0.25, -0.2) is 0 Å². The van der Waals surface area contributed by atoms with Gasteiger partial charge in [0.2, 0.25) is 0 Å². The van der Waals surface area contributed by atoms with Gasteiger partial charge in [-0.15, -0.1) is 0 Å². The van der Waals surface area contributed by atoms with E-state index in [1.165, 1.54) is 0 Å². The molecule has 3 saturated carbocycles. The lowest BCUT2D eigenvalue weighted by atomic mass is 9.34. The van der Waals surface area contributed by atoms with E-state index < -0.39 is 0 Å². The van der Waals surface area contributed by atoms with E-state index in [-0.39, 0.29) is 44.4 Å². The Bertz CT molecular complexity index is 985. The van der Waals surface area contributed by atoms with Crippen molar-refractivity contribution in [2.75, 3.05) is 7.11 Å². The van der Waals surface area contributed by atoms with Crippen molar-refractivity contribution >= 4 is 11.8 Å². The molecule has 5 aliphatic rings. The largest absolute Gasteiger partial charge is 0.469 e. The van der Waals surface area contributed by atoms with Crippen LogP contribution in [0.4, 0.5) is 0 Å². The molecular formula is C31H46O3. The van der Waals surface area contributed by atoms with Crippen molar-refractivity contribution in [3.05, 3.63) is 23.8 Å². The molecule has 188 valence electrons. The summed E-state index contributed by atoms with van der Waals surface area (Å²) in [5.74, 6) is 1.50. The van der Waals surface area contributed by atoms with Crippen molar-refractivity contribution in [3.8, 4) is 0 Å². The Hall–Kier alpha value is -1.38. The van der Waals surface area contributed by atoms with Gasteiger partial charge in [0, 0.05) is 5.41 Å². The molecule has 7 atom stereocenters. The average Bonchev–Trinajstić information content (AvgIpc) is 2.76. The smallest absolute Gasteiger partial charge is 0.312 e. The summed E-state index contributed by atoms with van der Waals surface area (Å²) in [6.07, 6.45) is 15.2. The van der Waals surface area contributed by atoms with Gasteiger partial charge < -0.3 is 4.74 Å². The maximum Gasteiger partial charge on any atom is 0.312 e. The molecule has 3 heteroatoms. The third kappa shape index (κ3) is 2.82. The third-order valence-corrected chi connectivity index (χ3v) is 12.5. The van der Waals surface area contributed by atoms with Gasteiger partial charge in [0.05, 0.1) is 12.5 Å². The topological polar surface area (TPSA) is 43.4 Å². The number of methoxy groups -OCH3 is 1. The fourth-order valence-electron chi connectivity index (χ4n) is 10.1. The maximum absolute atomic E-state index is 13.3. The number of hydrogen-bond acceptors (Lipinski definition) is 3. The quantitative estimate of drug-likeness (QED) is 0.301. The van der Waals surface area contributed by atoms with Crippen molar-refractivity contribution < 1.29 is 14.3 Å². The Balaban J connectivity index is 1.62. The van der Waals surface area contributed by atoms with Crippen LogP contribution in [0.3, 0.4) is 0 Å². The van der Waals surface area contributed by atoms with E-state index in [2.05, 4.69) is 60.6 Å². The molecule has 5 rings (SSSR count). The molecule has 0 radical (unpaired) electrons. The highest BCUT2D eigenvalue weighted by molar-refractivity contribution is 5.95. The highest BCUT2D eigenvalue weighted by atomic mass is 16.5. The normalized spacial score (nSPS) is 48.5. The number of carbonyl (C=O) groups is 2. The molecule has 0 bridgehead atoms. The summed E-state index contributed by atoms with van der Waals surface area (Å²) >= 11 is 0. The van der Waals surface area contributed by atoms with Crippen LogP contribution in [0, 0.1) is 50.2 Å². The lowest BCUT2D eigenvalue weighted by molar-refractivity contribution is -0.177. The fraction of sp³-hybridized carbons (Fsp3) is 0.806. The molecule has 0 N–H and O–H groups in total. The number of esters is 1. The number of ketones is 1. The Morgan fingerprint density at radius 3 is 2.29 bits per heavy atom. The molecule has 0 spiro atoms. The second-order valence-electron chi connectivity index (χ2n) is 14.6. The molecule has 0 aliphatic heterocycles. The number of allylic oxidation sites excluding steroid dienone is 4. The van der Waals surface area contributed by atoms with Crippen LogP contribution in [0.1, 0.15) is 99.8 Å². The lowest BCUT2D eigenvalue weighted by Gasteiger charge is -2.69. The average molecular weight is 467 g/mol. The number of carbonyl (C=O) groups excluding carboxylic acids is 2. The van der Waals surface area contributed by atoms with Crippen LogP contribution in [-0.4, -0.2) is 18.9 Å². The zero-order valence-electron chi connectivity index (χ0n) is 22.8. The van der Waals surface area contributed by atoms with Gasteiger partial charge in [0.1, 0.15) is 0 Å².